The fourth-order valence-corrected chi connectivity index (χ4v) is 2.76. The molecule has 1 aliphatic rings. The Labute approximate surface area is 123 Å². The maximum absolute atomic E-state index is 11.2. The van der Waals surface area contributed by atoms with Crippen LogP contribution < -0.4 is 10.2 Å². The van der Waals surface area contributed by atoms with Crippen molar-refractivity contribution in [1.29, 1.82) is 0 Å². The van der Waals surface area contributed by atoms with Gasteiger partial charge in [0.25, 0.3) is 5.69 Å². The average Bonchev–Trinajstić information content (AvgIpc) is 2.56. The van der Waals surface area contributed by atoms with Gasteiger partial charge >= 0.3 is 0 Å². The second kappa shape index (κ2) is 5.93. The zero-order valence-corrected chi connectivity index (χ0v) is 11.6. The molecule has 0 bridgehead atoms. The van der Waals surface area contributed by atoms with Gasteiger partial charge in [0.05, 0.1) is 4.92 Å². The SMILES string of the molecule is O=[N+]([O-])c1ccccc1N1CCN[C@H](c2ccccc2)C1. The molecule has 108 valence electrons. The molecule has 21 heavy (non-hydrogen) atoms. The van der Waals surface area contributed by atoms with E-state index in [2.05, 4.69) is 22.3 Å². The predicted molar refractivity (Wildman–Crippen MR) is 82.5 cm³/mol. The Balaban J connectivity index is 1.85. The van der Waals surface area contributed by atoms with E-state index in [1.54, 1.807) is 12.1 Å². The molecule has 0 unspecified atom stereocenters. The van der Waals surface area contributed by atoms with Crippen LogP contribution in [0.25, 0.3) is 0 Å². The zero-order chi connectivity index (χ0) is 14.7. The van der Waals surface area contributed by atoms with Crippen LogP contribution in [0.3, 0.4) is 0 Å². The van der Waals surface area contributed by atoms with Crippen LogP contribution in [0.2, 0.25) is 0 Å². The number of para-hydroxylation sites is 2. The Morgan fingerprint density at radius 1 is 1.10 bits per heavy atom. The van der Waals surface area contributed by atoms with Crippen molar-refractivity contribution in [2.24, 2.45) is 0 Å². The molecule has 1 N–H and O–H groups in total. The number of hydrogen-bond donors (Lipinski definition) is 1. The molecule has 0 spiro atoms. The van der Waals surface area contributed by atoms with Gasteiger partial charge in [0.1, 0.15) is 5.69 Å². The van der Waals surface area contributed by atoms with Crippen molar-refractivity contribution in [3.63, 3.8) is 0 Å². The van der Waals surface area contributed by atoms with E-state index in [1.807, 2.05) is 30.3 Å². The van der Waals surface area contributed by atoms with Crippen LogP contribution in [0, 0.1) is 10.1 Å². The van der Waals surface area contributed by atoms with E-state index < -0.39 is 0 Å². The van der Waals surface area contributed by atoms with E-state index in [-0.39, 0.29) is 16.7 Å². The van der Waals surface area contributed by atoms with Crippen molar-refractivity contribution in [2.45, 2.75) is 6.04 Å². The summed E-state index contributed by atoms with van der Waals surface area (Å²) in [5.74, 6) is 0. The first-order valence-corrected chi connectivity index (χ1v) is 7.02. The van der Waals surface area contributed by atoms with Crippen molar-refractivity contribution in [1.82, 2.24) is 5.32 Å². The standard InChI is InChI=1S/C16H17N3O2/c20-19(21)16-9-5-4-8-15(16)18-11-10-17-14(12-18)13-6-2-1-3-7-13/h1-9,14,17H,10-12H2/t14-/m0/s1. The highest BCUT2D eigenvalue weighted by Gasteiger charge is 2.25. The minimum absolute atomic E-state index is 0.172. The van der Waals surface area contributed by atoms with Gasteiger partial charge in [-0.1, -0.05) is 42.5 Å². The Kier molecular flexibility index (Phi) is 3.83. The summed E-state index contributed by atoms with van der Waals surface area (Å²) in [5.41, 5.74) is 2.08. The van der Waals surface area contributed by atoms with Crippen molar-refractivity contribution in [3.05, 3.63) is 70.3 Å². The normalized spacial score (nSPS) is 18.5. The molecule has 5 nitrogen and oxygen atoms in total. The van der Waals surface area contributed by atoms with E-state index in [9.17, 15) is 10.1 Å². The number of benzene rings is 2. The average molecular weight is 283 g/mol. The lowest BCUT2D eigenvalue weighted by Crippen LogP contribution is -2.46. The molecule has 0 radical (unpaired) electrons. The molecular formula is C16H17N3O2. The number of piperazine rings is 1. The molecule has 1 fully saturated rings. The number of nitro benzene ring substituents is 1. The third-order valence-corrected chi connectivity index (χ3v) is 3.80. The van der Waals surface area contributed by atoms with Crippen LogP contribution in [-0.4, -0.2) is 24.6 Å². The van der Waals surface area contributed by atoms with Gasteiger partial charge in [-0.2, -0.15) is 0 Å². The van der Waals surface area contributed by atoms with Crippen LogP contribution >= 0.6 is 0 Å². The summed E-state index contributed by atoms with van der Waals surface area (Å²) in [6, 6.07) is 17.3. The van der Waals surface area contributed by atoms with Crippen molar-refractivity contribution >= 4 is 11.4 Å². The maximum atomic E-state index is 11.2. The Morgan fingerprint density at radius 2 is 1.81 bits per heavy atom. The summed E-state index contributed by atoms with van der Waals surface area (Å²) < 4.78 is 0. The summed E-state index contributed by atoms with van der Waals surface area (Å²) in [6.45, 7) is 2.31. The molecular weight excluding hydrogens is 266 g/mol. The minimum Gasteiger partial charge on any atom is -0.363 e. The number of rotatable bonds is 3. The lowest BCUT2D eigenvalue weighted by Gasteiger charge is -2.35. The first kappa shape index (κ1) is 13.6. The number of nitro groups is 1. The summed E-state index contributed by atoms with van der Waals surface area (Å²) in [6.07, 6.45) is 0. The zero-order valence-electron chi connectivity index (χ0n) is 11.6. The largest absolute Gasteiger partial charge is 0.363 e. The third kappa shape index (κ3) is 2.87. The van der Waals surface area contributed by atoms with Crippen LogP contribution in [0.4, 0.5) is 11.4 Å². The highest BCUT2D eigenvalue weighted by atomic mass is 16.6. The molecule has 1 atom stereocenters. The van der Waals surface area contributed by atoms with Crippen molar-refractivity contribution in [2.75, 3.05) is 24.5 Å². The van der Waals surface area contributed by atoms with Gasteiger partial charge in [-0.15, -0.1) is 0 Å². The molecule has 0 aliphatic carbocycles. The molecule has 0 aromatic heterocycles. The number of hydrogen-bond acceptors (Lipinski definition) is 4. The van der Waals surface area contributed by atoms with E-state index in [1.165, 1.54) is 5.56 Å². The van der Waals surface area contributed by atoms with E-state index in [4.69, 9.17) is 0 Å². The van der Waals surface area contributed by atoms with E-state index in [0.29, 0.717) is 5.69 Å². The van der Waals surface area contributed by atoms with Crippen LogP contribution in [0.15, 0.2) is 54.6 Å². The van der Waals surface area contributed by atoms with E-state index in [0.717, 1.165) is 19.6 Å². The summed E-state index contributed by atoms with van der Waals surface area (Å²) in [5, 5.41) is 14.7. The number of nitrogens with zero attached hydrogens (tertiary/aromatic N) is 2. The van der Waals surface area contributed by atoms with Crippen molar-refractivity contribution in [3.8, 4) is 0 Å². The molecule has 1 aliphatic heterocycles. The molecule has 0 amide bonds. The molecule has 1 heterocycles. The third-order valence-electron chi connectivity index (χ3n) is 3.80. The molecule has 2 aromatic rings. The minimum atomic E-state index is -0.311. The summed E-state index contributed by atoms with van der Waals surface area (Å²) in [7, 11) is 0. The van der Waals surface area contributed by atoms with Gasteiger partial charge in [0.2, 0.25) is 0 Å². The van der Waals surface area contributed by atoms with Crippen LogP contribution in [0.1, 0.15) is 11.6 Å². The monoisotopic (exact) mass is 283 g/mol. The molecule has 5 heteroatoms. The fraction of sp³-hybridized carbons (Fsp3) is 0.250. The van der Waals surface area contributed by atoms with Gasteiger partial charge in [-0.05, 0) is 11.6 Å². The van der Waals surface area contributed by atoms with Gasteiger partial charge in [0.15, 0.2) is 0 Å². The molecule has 3 rings (SSSR count). The van der Waals surface area contributed by atoms with Gasteiger partial charge in [-0.25, -0.2) is 0 Å². The highest BCUT2D eigenvalue weighted by molar-refractivity contribution is 5.63. The Bertz CT molecular complexity index is 630. The lowest BCUT2D eigenvalue weighted by atomic mass is 10.0. The lowest BCUT2D eigenvalue weighted by molar-refractivity contribution is -0.384. The smallest absolute Gasteiger partial charge is 0.292 e. The van der Waals surface area contributed by atoms with Crippen LogP contribution in [-0.2, 0) is 0 Å². The van der Waals surface area contributed by atoms with Gasteiger partial charge in [-0.3, -0.25) is 10.1 Å². The quantitative estimate of drug-likeness (QED) is 0.695. The number of nitrogens with one attached hydrogen (secondary N) is 1. The highest BCUT2D eigenvalue weighted by Crippen LogP contribution is 2.30. The van der Waals surface area contributed by atoms with Gasteiger partial charge < -0.3 is 10.2 Å². The number of anilines is 1. The Hall–Kier alpha value is -2.40. The molecule has 2 aromatic carbocycles. The summed E-state index contributed by atoms with van der Waals surface area (Å²) in [4.78, 5) is 13.0. The summed E-state index contributed by atoms with van der Waals surface area (Å²) >= 11 is 0. The van der Waals surface area contributed by atoms with Crippen LogP contribution in [0.5, 0.6) is 0 Å². The van der Waals surface area contributed by atoms with Gasteiger partial charge in [0, 0.05) is 31.7 Å². The molecule has 0 saturated carbocycles. The van der Waals surface area contributed by atoms with Crippen molar-refractivity contribution < 1.29 is 4.92 Å². The van der Waals surface area contributed by atoms with E-state index >= 15 is 0 Å². The predicted octanol–water partition coefficient (Wildman–Crippen LogP) is 2.75. The Morgan fingerprint density at radius 3 is 2.57 bits per heavy atom. The second-order valence-corrected chi connectivity index (χ2v) is 5.11. The maximum Gasteiger partial charge on any atom is 0.292 e. The first-order chi connectivity index (χ1) is 10.3. The molecule has 1 saturated heterocycles. The topological polar surface area (TPSA) is 58.4 Å². The second-order valence-electron chi connectivity index (χ2n) is 5.11. The first-order valence-electron chi connectivity index (χ1n) is 7.02. The fourth-order valence-electron chi connectivity index (χ4n) is 2.76.